The van der Waals surface area contributed by atoms with E-state index in [9.17, 15) is 0 Å². The van der Waals surface area contributed by atoms with Gasteiger partial charge in [0.2, 0.25) is 0 Å². The van der Waals surface area contributed by atoms with Gasteiger partial charge < -0.3 is 10.1 Å². The first kappa shape index (κ1) is 13.9. The topological polar surface area (TPSA) is 21.3 Å². The molecule has 110 valence electrons. The molecule has 3 fully saturated rings. The van der Waals surface area contributed by atoms with Gasteiger partial charge in [-0.3, -0.25) is 0 Å². The molecule has 1 spiro atoms. The van der Waals surface area contributed by atoms with Gasteiger partial charge in [-0.15, -0.1) is 0 Å². The molecule has 3 aliphatic rings. The molecule has 4 unspecified atom stereocenters. The fourth-order valence-electron chi connectivity index (χ4n) is 4.75. The zero-order chi connectivity index (χ0) is 13.3. The normalized spacial score (nSPS) is 42.6. The molecule has 1 heterocycles. The van der Waals surface area contributed by atoms with E-state index in [2.05, 4.69) is 19.2 Å². The molecule has 2 nitrogen and oxygen atoms in total. The Morgan fingerprint density at radius 3 is 2.58 bits per heavy atom. The van der Waals surface area contributed by atoms with Crippen molar-refractivity contribution in [3.05, 3.63) is 0 Å². The van der Waals surface area contributed by atoms with Gasteiger partial charge in [0.15, 0.2) is 0 Å². The SMILES string of the molecule is CC1CCC(NC2CCOC3(CCCC3)C2)C(C)C1. The van der Waals surface area contributed by atoms with Gasteiger partial charge in [-0.1, -0.05) is 26.7 Å². The van der Waals surface area contributed by atoms with Gasteiger partial charge in [-0.05, 0) is 56.8 Å². The highest BCUT2D eigenvalue weighted by atomic mass is 16.5. The van der Waals surface area contributed by atoms with Crippen molar-refractivity contribution in [1.29, 1.82) is 0 Å². The second-order valence-corrected chi connectivity index (χ2v) is 7.60. The molecule has 0 aromatic carbocycles. The molecule has 1 aliphatic heterocycles. The lowest BCUT2D eigenvalue weighted by atomic mass is 9.79. The van der Waals surface area contributed by atoms with Gasteiger partial charge in [0, 0.05) is 18.7 Å². The third kappa shape index (κ3) is 3.16. The number of ether oxygens (including phenoxy) is 1. The Labute approximate surface area is 118 Å². The summed E-state index contributed by atoms with van der Waals surface area (Å²) in [5, 5.41) is 4.00. The summed E-state index contributed by atoms with van der Waals surface area (Å²) < 4.78 is 6.15. The summed E-state index contributed by atoms with van der Waals surface area (Å²) in [6.45, 7) is 5.84. The zero-order valence-corrected chi connectivity index (χ0v) is 12.8. The molecule has 0 amide bonds. The van der Waals surface area contributed by atoms with Crippen LogP contribution in [0.3, 0.4) is 0 Å². The molecule has 2 heteroatoms. The van der Waals surface area contributed by atoms with E-state index in [1.54, 1.807) is 0 Å². The molecular formula is C17H31NO. The van der Waals surface area contributed by atoms with Crippen molar-refractivity contribution in [2.24, 2.45) is 11.8 Å². The lowest BCUT2D eigenvalue weighted by Crippen LogP contribution is -2.51. The zero-order valence-electron chi connectivity index (χ0n) is 12.8. The van der Waals surface area contributed by atoms with Crippen LogP contribution in [0.25, 0.3) is 0 Å². The van der Waals surface area contributed by atoms with Crippen molar-refractivity contribution >= 4 is 0 Å². The average molecular weight is 265 g/mol. The standard InChI is InChI=1S/C17H31NO/c1-13-5-6-16(14(2)11-13)18-15-7-10-19-17(12-15)8-3-4-9-17/h13-16,18H,3-12H2,1-2H3. The van der Waals surface area contributed by atoms with Gasteiger partial charge in [0.25, 0.3) is 0 Å². The smallest absolute Gasteiger partial charge is 0.0697 e. The molecule has 3 rings (SSSR count). The van der Waals surface area contributed by atoms with Gasteiger partial charge >= 0.3 is 0 Å². The van der Waals surface area contributed by atoms with Crippen molar-refractivity contribution in [1.82, 2.24) is 5.32 Å². The van der Waals surface area contributed by atoms with Crippen LogP contribution in [0.15, 0.2) is 0 Å². The highest BCUT2D eigenvalue weighted by Crippen LogP contribution is 2.40. The van der Waals surface area contributed by atoms with Crippen molar-refractivity contribution in [3.63, 3.8) is 0 Å². The summed E-state index contributed by atoms with van der Waals surface area (Å²) in [4.78, 5) is 0. The molecule has 0 aromatic heterocycles. The van der Waals surface area contributed by atoms with Crippen molar-refractivity contribution < 1.29 is 4.74 Å². The first-order chi connectivity index (χ1) is 9.17. The van der Waals surface area contributed by atoms with Gasteiger partial charge in [-0.2, -0.15) is 0 Å². The summed E-state index contributed by atoms with van der Waals surface area (Å²) >= 11 is 0. The summed E-state index contributed by atoms with van der Waals surface area (Å²) in [7, 11) is 0. The van der Waals surface area contributed by atoms with Gasteiger partial charge in [-0.25, -0.2) is 0 Å². The predicted octanol–water partition coefficient (Wildman–Crippen LogP) is 3.89. The molecule has 2 saturated carbocycles. The number of nitrogens with one attached hydrogen (secondary N) is 1. The van der Waals surface area contributed by atoms with Crippen LogP contribution in [0.4, 0.5) is 0 Å². The molecule has 0 bridgehead atoms. The van der Waals surface area contributed by atoms with E-state index in [0.29, 0.717) is 6.04 Å². The Kier molecular flexibility index (Phi) is 4.19. The molecular weight excluding hydrogens is 234 g/mol. The average Bonchev–Trinajstić information content (AvgIpc) is 2.81. The monoisotopic (exact) mass is 265 g/mol. The predicted molar refractivity (Wildman–Crippen MR) is 79.3 cm³/mol. The van der Waals surface area contributed by atoms with Gasteiger partial charge in [0.1, 0.15) is 0 Å². The summed E-state index contributed by atoms with van der Waals surface area (Å²) in [6.07, 6.45) is 12.1. The van der Waals surface area contributed by atoms with Crippen molar-refractivity contribution in [2.45, 2.75) is 89.3 Å². The Morgan fingerprint density at radius 1 is 1.05 bits per heavy atom. The Bertz CT molecular complexity index is 298. The summed E-state index contributed by atoms with van der Waals surface area (Å²) in [5.74, 6) is 1.79. The van der Waals surface area contributed by atoms with E-state index in [0.717, 1.165) is 24.5 Å². The lowest BCUT2D eigenvalue weighted by molar-refractivity contribution is -0.0859. The number of hydrogen-bond donors (Lipinski definition) is 1. The number of rotatable bonds is 2. The largest absolute Gasteiger partial charge is 0.375 e. The maximum absolute atomic E-state index is 6.15. The first-order valence-corrected chi connectivity index (χ1v) is 8.57. The second-order valence-electron chi connectivity index (χ2n) is 7.60. The Hall–Kier alpha value is -0.0800. The molecule has 1 saturated heterocycles. The fraction of sp³-hybridized carbons (Fsp3) is 1.00. The molecule has 0 aromatic rings. The lowest BCUT2D eigenvalue weighted by Gasteiger charge is -2.42. The van der Waals surface area contributed by atoms with Crippen LogP contribution in [-0.2, 0) is 4.74 Å². The third-order valence-electron chi connectivity index (χ3n) is 5.89. The van der Waals surface area contributed by atoms with E-state index in [1.165, 1.54) is 57.8 Å². The van der Waals surface area contributed by atoms with Gasteiger partial charge in [0.05, 0.1) is 5.60 Å². The minimum Gasteiger partial charge on any atom is -0.375 e. The quantitative estimate of drug-likeness (QED) is 0.818. The fourth-order valence-corrected chi connectivity index (χ4v) is 4.75. The van der Waals surface area contributed by atoms with E-state index in [-0.39, 0.29) is 5.60 Å². The highest BCUT2D eigenvalue weighted by molar-refractivity contribution is 4.95. The molecule has 0 radical (unpaired) electrons. The second kappa shape index (κ2) is 5.73. The minimum atomic E-state index is 0.265. The van der Waals surface area contributed by atoms with Crippen LogP contribution >= 0.6 is 0 Å². The van der Waals surface area contributed by atoms with Crippen LogP contribution in [-0.4, -0.2) is 24.3 Å². The van der Waals surface area contributed by atoms with E-state index in [4.69, 9.17) is 4.74 Å². The van der Waals surface area contributed by atoms with E-state index >= 15 is 0 Å². The summed E-state index contributed by atoms with van der Waals surface area (Å²) in [5.41, 5.74) is 0.265. The van der Waals surface area contributed by atoms with Crippen molar-refractivity contribution in [3.8, 4) is 0 Å². The summed E-state index contributed by atoms with van der Waals surface area (Å²) in [6, 6.07) is 1.48. The Balaban J connectivity index is 1.54. The minimum absolute atomic E-state index is 0.265. The highest BCUT2D eigenvalue weighted by Gasteiger charge is 2.40. The van der Waals surface area contributed by atoms with E-state index < -0.39 is 0 Å². The van der Waals surface area contributed by atoms with Crippen LogP contribution in [0, 0.1) is 11.8 Å². The van der Waals surface area contributed by atoms with Crippen molar-refractivity contribution in [2.75, 3.05) is 6.61 Å². The van der Waals surface area contributed by atoms with E-state index in [1.807, 2.05) is 0 Å². The molecule has 4 atom stereocenters. The molecule has 2 aliphatic carbocycles. The number of hydrogen-bond acceptors (Lipinski definition) is 2. The first-order valence-electron chi connectivity index (χ1n) is 8.57. The van der Waals surface area contributed by atoms with Crippen LogP contribution in [0.2, 0.25) is 0 Å². The van der Waals surface area contributed by atoms with Crippen LogP contribution < -0.4 is 5.32 Å². The van der Waals surface area contributed by atoms with Crippen LogP contribution in [0.1, 0.15) is 71.6 Å². The maximum atomic E-state index is 6.15. The third-order valence-corrected chi connectivity index (χ3v) is 5.89. The Morgan fingerprint density at radius 2 is 1.84 bits per heavy atom. The van der Waals surface area contributed by atoms with Crippen LogP contribution in [0.5, 0.6) is 0 Å². The molecule has 1 N–H and O–H groups in total. The molecule has 19 heavy (non-hydrogen) atoms. The maximum Gasteiger partial charge on any atom is 0.0697 e.